The summed E-state index contributed by atoms with van der Waals surface area (Å²) < 4.78 is 1.38. The number of allylic oxidation sites excluding steroid dienone is 1. The van der Waals surface area contributed by atoms with Gasteiger partial charge in [0.2, 0.25) is 0 Å². The normalized spacial score (nSPS) is 10.6. The van der Waals surface area contributed by atoms with Gasteiger partial charge in [-0.25, -0.2) is 0 Å². The van der Waals surface area contributed by atoms with Gasteiger partial charge in [-0.15, -0.1) is 6.58 Å². The molecule has 0 aliphatic heterocycles. The Morgan fingerprint density at radius 2 is 1.80 bits per heavy atom. The van der Waals surface area contributed by atoms with Gasteiger partial charge in [0.25, 0.3) is 11.5 Å². The first-order valence-corrected chi connectivity index (χ1v) is 7.58. The van der Waals surface area contributed by atoms with Crippen LogP contribution in [0.5, 0.6) is 11.5 Å². The number of aromatic nitrogens is 1. The molecular formula is C19H16N2O4. The number of nitrogens with zero attached hydrogens (tertiary/aromatic N) is 1. The Morgan fingerprint density at radius 3 is 2.48 bits per heavy atom. The van der Waals surface area contributed by atoms with Crippen molar-refractivity contribution in [2.45, 2.75) is 6.54 Å². The number of amides is 1. The average Bonchev–Trinajstić information content (AvgIpc) is 2.61. The lowest BCUT2D eigenvalue weighted by atomic mass is 10.1. The molecule has 0 fully saturated rings. The molecule has 1 aromatic heterocycles. The van der Waals surface area contributed by atoms with Gasteiger partial charge in [-0.05, 0) is 36.4 Å². The Hall–Kier alpha value is -3.54. The van der Waals surface area contributed by atoms with Gasteiger partial charge < -0.3 is 20.1 Å². The lowest BCUT2D eigenvalue weighted by molar-refractivity contribution is 0.102. The summed E-state index contributed by atoms with van der Waals surface area (Å²) in [5, 5.41) is 22.7. The summed E-state index contributed by atoms with van der Waals surface area (Å²) in [6.45, 7) is 3.84. The van der Waals surface area contributed by atoms with Gasteiger partial charge in [-0.2, -0.15) is 0 Å². The van der Waals surface area contributed by atoms with Gasteiger partial charge in [0.15, 0.2) is 0 Å². The van der Waals surface area contributed by atoms with E-state index in [-0.39, 0.29) is 23.6 Å². The Bertz CT molecular complexity index is 1020. The molecule has 0 aliphatic carbocycles. The number of fused-ring (bicyclic) bond motifs is 1. The molecule has 0 spiro atoms. The maximum atomic E-state index is 12.7. The van der Waals surface area contributed by atoms with Crippen LogP contribution < -0.4 is 10.9 Å². The molecular weight excluding hydrogens is 320 g/mol. The van der Waals surface area contributed by atoms with Crippen LogP contribution in [0.25, 0.3) is 10.9 Å². The number of benzene rings is 2. The molecule has 3 rings (SSSR count). The van der Waals surface area contributed by atoms with Crippen LogP contribution in [0.4, 0.5) is 5.69 Å². The van der Waals surface area contributed by atoms with Crippen molar-refractivity contribution in [2.75, 3.05) is 5.32 Å². The highest BCUT2D eigenvalue weighted by Gasteiger charge is 2.21. The fourth-order valence-electron chi connectivity index (χ4n) is 2.64. The number of carbonyl (C=O) groups is 1. The van der Waals surface area contributed by atoms with E-state index in [2.05, 4.69) is 11.9 Å². The van der Waals surface area contributed by atoms with E-state index in [1.807, 2.05) is 0 Å². The topological polar surface area (TPSA) is 91.6 Å². The number of phenols is 1. The predicted octanol–water partition coefficient (Wildman–Crippen LogP) is 2.85. The van der Waals surface area contributed by atoms with Crippen molar-refractivity contribution in [3.8, 4) is 11.5 Å². The van der Waals surface area contributed by atoms with Gasteiger partial charge in [0, 0.05) is 17.6 Å². The van der Waals surface area contributed by atoms with E-state index in [0.29, 0.717) is 16.6 Å². The van der Waals surface area contributed by atoms with E-state index >= 15 is 0 Å². The number of para-hydroxylation sites is 1. The first-order valence-electron chi connectivity index (χ1n) is 7.58. The molecule has 0 atom stereocenters. The van der Waals surface area contributed by atoms with Gasteiger partial charge in [0.1, 0.15) is 17.1 Å². The van der Waals surface area contributed by atoms with Crippen molar-refractivity contribution >= 4 is 22.5 Å². The van der Waals surface area contributed by atoms with Crippen molar-refractivity contribution in [1.82, 2.24) is 4.57 Å². The van der Waals surface area contributed by atoms with Crippen LogP contribution in [0.3, 0.4) is 0 Å². The Labute approximate surface area is 143 Å². The molecule has 0 radical (unpaired) electrons. The highest BCUT2D eigenvalue weighted by molar-refractivity contribution is 6.09. The molecule has 0 unspecified atom stereocenters. The van der Waals surface area contributed by atoms with E-state index in [1.54, 1.807) is 30.3 Å². The number of rotatable bonds is 4. The predicted molar refractivity (Wildman–Crippen MR) is 96.1 cm³/mol. The summed E-state index contributed by atoms with van der Waals surface area (Å²) in [7, 11) is 0. The molecule has 3 aromatic rings. The zero-order chi connectivity index (χ0) is 18.0. The molecule has 2 aromatic carbocycles. The summed E-state index contributed by atoms with van der Waals surface area (Å²) in [5.41, 5.74) is -0.0304. The van der Waals surface area contributed by atoms with E-state index in [0.717, 1.165) is 0 Å². The number of hydrogen-bond acceptors (Lipinski definition) is 4. The number of pyridine rings is 1. The van der Waals surface area contributed by atoms with Gasteiger partial charge in [-0.3, -0.25) is 9.59 Å². The molecule has 3 N–H and O–H groups in total. The highest BCUT2D eigenvalue weighted by atomic mass is 16.3. The van der Waals surface area contributed by atoms with Crippen molar-refractivity contribution in [2.24, 2.45) is 0 Å². The first-order chi connectivity index (χ1) is 12.0. The van der Waals surface area contributed by atoms with Crippen molar-refractivity contribution in [3.05, 3.63) is 77.1 Å². The van der Waals surface area contributed by atoms with E-state index < -0.39 is 11.5 Å². The Kier molecular flexibility index (Phi) is 4.26. The monoisotopic (exact) mass is 336 g/mol. The second-order valence-electron chi connectivity index (χ2n) is 5.45. The minimum absolute atomic E-state index is 0.0555. The van der Waals surface area contributed by atoms with Crippen LogP contribution in [0.2, 0.25) is 0 Å². The Balaban J connectivity index is 2.14. The van der Waals surface area contributed by atoms with Crippen molar-refractivity contribution in [3.63, 3.8) is 0 Å². The summed E-state index contributed by atoms with van der Waals surface area (Å²) in [6.07, 6.45) is 1.55. The zero-order valence-electron chi connectivity index (χ0n) is 13.3. The van der Waals surface area contributed by atoms with Gasteiger partial charge in [0.05, 0.1) is 5.52 Å². The maximum absolute atomic E-state index is 12.7. The zero-order valence-corrected chi connectivity index (χ0v) is 13.3. The smallest absolute Gasteiger partial charge is 0.268 e. The molecule has 1 heterocycles. The number of anilines is 1. The SMILES string of the molecule is C=CCn1c(=O)c(C(=O)Nc2ccc(O)cc2)c(O)c2ccccc21. The van der Waals surface area contributed by atoms with Crippen molar-refractivity contribution < 1.29 is 15.0 Å². The van der Waals surface area contributed by atoms with E-state index in [4.69, 9.17) is 0 Å². The molecule has 0 bridgehead atoms. The molecule has 0 saturated heterocycles. The summed E-state index contributed by atoms with van der Waals surface area (Å²) in [5.74, 6) is -1.03. The molecule has 1 amide bonds. The third-order valence-electron chi connectivity index (χ3n) is 3.81. The minimum atomic E-state index is -0.725. The minimum Gasteiger partial charge on any atom is -0.508 e. The first kappa shape index (κ1) is 16.3. The van der Waals surface area contributed by atoms with Crippen molar-refractivity contribution in [1.29, 1.82) is 0 Å². The standard InChI is InChI=1S/C19H16N2O4/c1-2-11-21-15-6-4-3-5-14(15)17(23)16(19(21)25)18(24)20-12-7-9-13(22)10-8-12/h2-10,22-23H,1,11H2,(H,20,24). The van der Waals surface area contributed by atoms with Crippen LogP contribution in [-0.4, -0.2) is 20.7 Å². The third kappa shape index (κ3) is 2.97. The number of hydrogen-bond donors (Lipinski definition) is 3. The van der Waals surface area contributed by atoms with Crippen LogP contribution in [0.15, 0.2) is 66.0 Å². The number of nitrogens with one attached hydrogen (secondary N) is 1. The molecule has 6 nitrogen and oxygen atoms in total. The molecule has 25 heavy (non-hydrogen) atoms. The molecule has 0 saturated carbocycles. The van der Waals surface area contributed by atoms with Gasteiger partial charge >= 0.3 is 0 Å². The largest absolute Gasteiger partial charge is 0.508 e. The van der Waals surface area contributed by atoms with Crippen LogP contribution in [0.1, 0.15) is 10.4 Å². The molecule has 6 heteroatoms. The highest BCUT2D eigenvalue weighted by Crippen LogP contribution is 2.27. The summed E-state index contributed by atoms with van der Waals surface area (Å²) in [6, 6.07) is 12.6. The molecule has 126 valence electrons. The number of aromatic hydroxyl groups is 2. The van der Waals surface area contributed by atoms with Crippen LogP contribution >= 0.6 is 0 Å². The lowest BCUT2D eigenvalue weighted by Gasteiger charge is -2.13. The van der Waals surface area contributed by atoms with Crippen LogP contribution in [0, 0.1) is 0 Å². The maximum Gasteiger partial charge on any atom is 0.268 e. The van der Waals surface area contributed by atoms with Gasteiger partial charge in [-0.1, -0.05) is 18.2 Å². The second kappa shape index (κ2) is 6.52. The summed E-state index contributed by atoms with van der Waals surface area (Å²) in [4.78, 5) is 25.3. The fraction of sp³-hybridized carbons (Fsp3) is 0.0526. The van der Waals surface area contributed by atoms with E-state index in [1.165, 1.54) is 28.8 Å². The average molecular weight is 336 g/mol. The third-order valence-corrected chi connectivity index (χ3v) is 3.81. The number of phenolic OH excluding ortho intramolecular Hbond substituents is 1. The summed E-state index contributed by atoms with van der Waals surface area (Å²) >= 11 is 0. The number of carbonyl (C=O) groups excluding carboxylic acids is 1. The fourth-order valence-corrected chi connectivity index (χ4v) is 2.64. The quantitative estimate of drug-likeness (QED) is 0.505. The molecule has 0 aliphatic rings. The van der Waals surface area contributed by atoms with Crippen LogP contribution in [-0.2, 0) is 6.54 Å². The Morgan fingerprint density at radius 1 is 1.12 bits per heavy atom. The lowest BCUT2D eigenvalue weighted by Crippen LogP contribution is -2.29. The van der Waals surface area contributed by atoms with E-state index in [9.17, 15) is 19.8 Å². The second-order valence-corrected chi connectivity index (χ2v) is 5.45.